The number of esters is 2. The van der Waals surface area contributed by atoms with Gasteiger partial charge in [0.05, 0.1) is 40.3 Å². The van der Waals surface area contributed by atoms with Gasteiger partial charge in [0, 0.05) is 19.3 Å². The molecule has 8 nitrogen and oxygen atoms in total. The number of hydrogen-bond donors (Lipinski definition) is 0. The monoisotopic (exact) mass is 794 g/mol. The van der Waals surface area contributed by atoms with Gasteiger partial charge in [0.2, 0.25) is 0 Å². The van der Waals surface area contributed by atoms with Crippen LogP contribution in [0.15, 0.2) is 97.2 Å². The third kappa shape index (κ3) is 37.6. The van der Waals surface area contributed by atoms with Crippen molar-refractivity contribution in [2.45, 2.75) is 154 Å². The molecule has 0 fully saturated rings. The molecule has 0 aromatic heterocycles. The van der Waals surface area contributed by atoms with E-state index in [0.717, 1.165) is 57.8 Å². The zero-order chi connectivity index (χ0) is 42.1. The van der Waals surface area contributed by atoms with Crippen molar-refractivity contribution in [2.24, 2.45) is 0 Å². The zero-order valence-corrected chi connectivity index (χ0v) is 36.5. The maximum Gasteiger partial charge on any atom is 0.306 e. The van der Waals surface area contributed by atoms with Crippen LogP contribution in [0.2, 0.25) is 0 Å². The van der Waals surface area contributed by atoms with E-state index in [-0.39, 0.29) is 55.5 Å². The summed E-state index contributed by atoms with van der Waals surface area (Å²) in [5, 5.41) is 11.6. The molecule has 57 heavy (non-hydrogen) atoms. The first kappa shape index (κ1) is 53.2. The van der Waals surface area contributed by atoms with Gasteiger partial charge >= 0.3 is 11.9 Å². The van der Waals surface area contributed by atoms with Gasteiger partial charge in [-0.25, -0.2) is 0 Å². The molecule has 0 rings (SSSR count). The highest BCUT2D eigenvalue weighted by molar-refractivity contribution is 5.70. The summed E-state index contributed by atoms with van der Waals surface area (Å²) in [5.74, 6) is -1.83. The predicted molar refractivity (Wildman–Crippen MR) is 235 cm³/mol. The molecule has 8 heteroatoms. The maximum atomic E-state index is 12.7. The molecule has 0 aliphatic heterocycles. The van der Waals surface area contributed by atoms with Crippen LogP contribution in [0.3, 0.4) is 0 Å². The number of quaternary nitrogens is 1. The molecule has 322 valence electrons. The molecule has 0 saturated carbocycles. The van der Waals surface area contributed by atoms with Gasteiger partial charge in [-0.3, -0.25) is 9.59 Å². The van der Waals surface area contributed by atoms with Crippen molar-refractivity contribution in [3.05, 3.63) is 97.2 Å². The molecule has 2 unspecified atom stereocenters. The van der Waals surface area contributed by atoms with Gasteiger partial charge in [0.15, 0.2) is 6.10 Å². The number of allylic oxidation sites excluding steroid dienone is 16. The number of likely N-dealkylation sites (N-methyl/N-ethyl adjacent to an activating group) is 1. The highest BCUT2D eigenvalue weighted by Crippen LogP contribution is 2.12. The van der Waals surface area contributed by atoms with Gasteiger partial charge in [0.1, 0.15) is 12.6 Å². The van der Waals surface area contributed by atoms with Crippen molar-refractivity contribution in [3.8, 4) is 0 Å². The smallest absolute Gasteiger partial charge is 0.306 e. The van der Waals surface area contributed by atoms with Crippen LogP contribution in [0.1, 0.15) is 142 Å². The molecule has 0 aromatic carbocycles. The highest BCUT2D eigenvalue weighted by Gasteiger charge is 2.25. The maximum absolute atomic E-state index is 12.7. The Morgan fingerprint density at radius 2 is 1.00 bits per heavy atom. The number of carboxylic acids is 1. The predicted octanol–water partition coefficient (Wildman–Crippen LogP) is 10.6. The van der Waals surface area contributed by atoms with Gasteiger partial charge in [-0.05, 0) is 57.8 Å². The first-order valence-electron chi connectivity index (χ1n) is 21.9. The summed E-state index contributed by atoms with van der Waals surface area (Å²) >= 11 is 0. The molecule has 0 N–H and O–H groups in total. The molecule has 0 spiro atoms. The van der Waals surface area contributed by atoms with Crippen molar-refractivity contribution in [1.29, 1.82) is 0 Å². The normalized spacial score (nSPS) is 13.9. The van der Waals surface area contributed by atoms with Crippen LogP contribution >= 0.6 is 0 Å². The Hall–Kier alpha value is -3.75. The van der Waals surface area contributed by atoms with Gasteiger partial charge in [-0.1, -0.05) is 162 Å². The Morgan fingerprint density at radius 3 is 1.51 bits per heavy atom. The summed E-state index contributed by atoms with van der Waals surface area (Å²) < 4.78 is 17.1. The molecule has 0 saturated heterocycles. The molecule has 0 aromatic rings. The number of hydrogen-bond acceptors (Lipinski definition) is 7. The summed E-state index contributed by atoms with van der Waals surface area (Å²) in [6.45, 7) is 4.42. The van der Waals surface area contributed by atoms with Gasteiger partial charge in [-0.2, -0.15) is 0 Å². The summed E-state index contributed by atoms with van der Waals surface area (Å²) in [5.41, 5.74) is 0. The van der Waals surface area contributed by atoms with Crippen LogP contribution in [-0.4, -0.2) is 75.5 Å². The second kappa shape index (κ2) is 39.1. The Balaban J connectivity index is 4.50. The van der Waals surface area contributed by atoms with Crippen LogP contribution in [0.25, 0.3) is 0 Å². The third-order valence-corrected chi connectivity index (χ3v) is 9.15. The molecular formula is C49H79NO7. The highest BCUT2D eigenvalue weighted by atomic mass is 16.6. The fraction of sp³-hybridized carbons (Fsp3) is 0.612. The first-order chi connectivity index (χ1) is 27.6. The lowest BCUT2D eigenvalue weighted by atomic mass is 10.1. The van der Waals surface area contributed by atoms with Gasteiger partial charge < -0.3 is 28.6 Å². The Bertz CT molecular complexity index is 1250. The van der Waals surface area contributed by atoms with E-state index < -0.39 is 18.1 Å². The van der Waals surface area contributed by atoms with Crippen LogP contribution in [-0.2, 0) is 28.6 Å². The Kier molecular flexibility index (Phi) is 36.5. The molecule has 2 atom stereocenters. The first-order valence-corrected chi connectivity index (χ1v) is 21.9. The fourth-order valence-electron chi connectivity index (χ4n) is 5.75. The number of unbranched alkanes of at least 4 members (excludes halogenated alkanes) is 13. The fourth-order valence-corrected chi connectivity index (χ4v) is 5.75. The lowest BCUT2D eigenvalue weighted by molar-refractivity contribution is -0.889. The van der Waals surface area contributed by atoms with Crippen molar-refractivity contribution >= 4 is 17.9 Å². The lowest BCUT2D eigenvalue weighted by Crippen LogP contribution is -2.55. The molecule has 0 aliphatic carbocycles. The summed E-state index contributed by atoms with van der Waals surface area (Å²) in [7, 11) is 5.37. The second-order valence-electron chi connectivity index (χ2n) is 15.4. The van der Waals surface area contributed by atoms with Gasteiger partial charge in [-0.15, -0.1) is 0 Å². The van der Waals surface area contributed by atoms with Crippen molar-refractivity contribution < 1.29 is 38.2 Å². The van der Waals surface area contributed by atoms with E-state index in [0.29, 0.717) is 6.42 Å². The summed E-state index contributed by atoms with van der Waals surface area (Å²) in [6, 6.07) is -0.741. The van der Waals surface area contributed by atoms with Gasteiger partial charge in [0.25, 0.3) is 0 Å². The zero-order valence-electron chi connectivity index (χ0n) is 36.5. The topological polar surface area (TPSA) is 102 Å². The van der Waals surface area contributed by atoms with E-state index in [2.05, 4.69) is 38.2 Å². The van der Waals surface area contributed by atoms with E-state index in [1.165, 1.54) is 44.9 Å². The summed E-state index contributed by atoms with van der Waals surface area (Å²) in [4.78, 5) is 36.8. The molecular weight excluding hydrogens is 715 g/mol. The number of carbonyl (C=O) groups excluding carboxylic acids is 3. The Morgan fingerprint density at radius 1 is 0.544 bits per heavy atom. The van der Waals surface area contributed by atoms with Crippen molar-refractivity contribution in [2.75, 3.05) is 41.0 Å². The standard InChI is InChI=1S/C49H79NO7/c1-6-8-10-12-14-16-18-20-22-23-24-25-26-28-29-31-33-35-37-39-47(51)56-44-45(43-55-42-41-46(49(53)54)50(3,4)5)57-48(52)40-38-36-34-32-30-27-21-19-17-15-13-11-9-7-2/h8,10,12,14,16,18,20,22-30,45-46H,6-7,9,11,13,15,17,19,21,31-44H2,1-5H3/b10-8+,14-12+,18-16+,22-20+,24-23+,26-25+,29-28+,30-27+. The number of ether oxygens (including phenoxy) is 3. The number of rotatable bonds is 37. The van der Waals surface area contributed by atoms with E-state index in [4.69, 9.17) is 14.2 Å². The van der Waals surface area contributed by atoms with Crippen molar-refractivity contribution in [1.82, 2.24) is 0 Å². The van der Waals surface area contributed by atoms with E-state index >= 15 is 0 Å². The average Bonchev–Trinajstić information content (AvgIpc) is 3.17. The molecule has 0 aliphatic rings. The van der Waals surface area contributed by atoms with E-state index in [1.807, 2.05) is 72.9 Å². The number of carbonyl (C=O) groups is 3. The largest absolute Gasteiger partial charge is 0.544 e. The quantitative estimate of drug-likeness (QED) is 0.0203. The minimum absolute atomic E-state index is 0.0132. The molecule has 0 heterocycles. The van der Waals surface area contributed by atoms with Crippen molar-refractivity contribution in [3.63, 3.8) is 0 Å². The minimum Gasteiger partial charge on any atom is -0.544 e. The molecule has 0 radical (unpaired) electrons. The molecule has 0 bridgehead atoms. The Labute approximate surface area is 347 Å². The second-order valence-corrected chi connectivity index (χ2v) is 15.4. The molecule has 0 amide bonds. The van der Waals surface area contributed by atoms with E-state index in [9.17, 15) is 19.5 Å². The average molecular weight is 794 g/mol. The lowest BCUT2D eigenvalue weighted by Gasteiger charge is -2.34. The minimum atomic E-state index is -1.14. The van der Waals surface area contributed by atoms with Crippen LogP contribution in [0, 0.1) is 0 Å². The number of aliphatic carboxylic acids is 1. The number of carboxylic acid groups (broad SMARTS) is 1. The SMILES string of the molecule is CC/C=C/C=C/C=C/C=C/C=C/C=C/C=C/CCCCCC(=O)OCC(COCCC(C(=O)[O-])[N+](C)(C)C)OC(=O)CCCCC/C=C/CCCCCCCCC. The number of nitrogens with zero attached hydrogens (tertiary/aromatic N) is 1. The van der Waals surface area contributed by atoms with E-state index in [1.54, 1.807) is 21.1 Å². The van der Waals surface area contributed by atoms with Crippen LogP contribution in [0.4, 0.5) is 0 Å². The van der Waals surface area contributed by atoms with Crippen LogP contribution in [0.5, 0.6) is 0 Å². The summed E-state index contributed by atoms with van der Waals surface area (Å²) in [6.07, 6.45) is 51.4. The van der Waals surface area contributed by atoms with Crippen LogP contribution < -0.4 is 5.11 Å². The third-order valence-electron chi connectivity index (χ3n) is 9.15.